The molecule has 2 amide bonds. The second-order valence-corrected chi connectivity index (χ2v) is 3.78. The maximum absolute atomic E-state index is 11.4. The maximum Gasteiger partial charge on any atom is 0.268 e. The molecule has 0 radical (unpaired) electrons. The van der Waals surface area contributed by atoms with Gasteiger partial charge in [0.05, 0.1) is 6.54 Å². The first-order chi connectivity index (χ1) is 7.65. The first kappa shape index (κ1) is 10.7. The third kappa shape index (κ3) is 2.41. The smallest absolute Gasteiger partial charge is 0.268 e. The van der Waals surface area contributed by atoms with Crippen LogP contribution >= 0.6 is 11.6 Å². The van der Waals surface area contributed by atoms with E-state index in [-0.39, 0.29) is 24.1 Å². The highest BCUT2D eigenvalue weighted by atomic mass is 35.5. The lowest BCUT2D eigenvalue weighted by Gasteiger charge is -2.15. The van der Waals surface area contributed by atoms with Crippen molar-refractivity contribution in [2.75, 3.05) is 6.54 Å². The molecule has 1 aliphatic rings. The SMILES string of the molecule is O=C1CNC(=O)/C(=C\c2cccc(Cl)c2)N1. The van der Waals surface area contributed by atoms with Crippen molar-refractivity contribution in [3.8, 4) is 0 Å². The molecule has 4 nitrogen and oxygen atoms in total. The summed E-state index contributed by atoms with van der Waals surface area (Å²) in [6.45, 7) is 0.0196. The third-order valence-electron chi connectivity index (χ3n) is 2.09. The van der Waals surface area contributed by atoms with Crippen molar-refractivity contribution < 1.29 is 9.59 Å². The first-order valence-electron chi connectivity index (χ1n) is 4.70. The van der Waals surface area contributed by atoms with Crippen LogP contribution in [0.15, 0.2) is 30.0 Å². The van der Waals surface area contributed by atoms with Gasteiger partial charge in [0.25, 0.3) is 5.91 Å². The molecular formula is C11H9ClN2O2. The lowest BCUT2D eigenvalue weighted by Crippen LogP contribution is -2.46. The molecule has 1 aromatic rings. The Morgan fingerprint density at radius 1 is 1.31 bits per heavy atom. The molecule has 0 unspecified atom stereocenters. The van der Waals surface area contributed by atoms with E-state index in [0.717, 1.165) is 5.56 Å². The van der Waals surface area contributed by atoms with Crippen LogP contribution in [0, 0.1) is 0 Å². The van der Waals surface area contributed by atoms with Crippen LogP contribution in [0.3, 0.4) is 0 Å². The second kappa shape index (κ2) is 4.37. The number of benzene rings is 1. The Morgan fingerprint density at radius 2 is 2.12 bits per heavy atom. The van der Waals surface area contributed by atoms with Crippen LogP contribution in [-0.2, 0) is 9.59 Å². The fourth-order valence-electron chi connectivity index (χ4n) is 1.37. The van der Waals surface area contributed by atoms with Crippen molar-refractivity contribution in [1.29, 1.82) is 0 Å². The summed E-state index contributed by atoms with van der Waals surface area (Å²) in [4.78, 5) is 22.5. The van der Waals surface area contributed by atoms with E-state index < -0.39 is 0 Å². The van der Waals surface area contributed by atoms with Gasteiger partial charge in [-0.15, -0.1) is 0 Å². The Hall–Kier alpha value is -1.81. The molecule has 1 aliphatic heterocycles. The van der Waals surface area contributed by atoms with Gasteiger partial charge in [0.1, 0.15) is 5.70 Å². The first-order valence-corrected chi connectivity index (χ1v) is 5.08. The quantitative estimate of drug-likeness (QED) is 0.713. The normalized spacial score (nSPS) is 18.2. The third-order valence-corrected chi connectivity index (χ3v) is 2.32. The van der Waals surface area contributed by atoms with Crippen molar-refractivity contribution >= 4 is 29.5 Å². The summed E-state index contributed by atoms with van der Waals surface area (Å²) in [7, 11) is 0. The highest BCUT2D eigenvalue weighted by molar-refractivity contribution is 6.30. The van der Waals surface area contributed by atoms with E-state index in [1.807, 2.05) is 0 Å². The van der Waals surface area contributed by atoms with Gasteiger partial charge in [-0.3, -0.25) is 9.59 Å². The minimum absolute atomic E-state index is 0.0196. The van der Waals surface area contributed by atoms with Gasteiger partial charge in [-0.25, -0.2) is 0 Å². The number of rotatable bonds is 1. The molecule has 1 fully saturated rings. The zero-order valence-electron chi connectivity index (χ0n) is 8.29. The zero-order chi connectivity index (χ0) is 11.5. The Morgan fingerprint density at radius 3 is 2.88 bits per heavy atom. The maximum atomic E-state index is 11.4. The molecule has 0 aliphatic carbocycles. The summed E-state index contributed by atoms with van der Waals surface area (Å²) in [5.41, 5.74) is 0.998. The van der Waals surface area contributed by atoms with Crippen molar-refractivity contribution in [2.45, 2.75) is 0 Å². The van der Waals surface area contributed by atoms with Crippen LogP contribution in [0.2, 0.25) is 5.02 Å². The number of piperazine rings is 1. The number of carbonyl (C=O) groups excluding carboxylic acids is 2. The van der Waals surface area contributed by atoms with E-state index in [1.165, 1.54) is 0 Å². The van der Waals surface area contributed by atoms with Gasteiger partial charge in [0, 0.05) is 5.02 Å². The van der Waals surface area contributed by atoms with E-state index in [1.54, 1.807) is 30.3 Å². The topological polar surface area (TPSA) is 58.2 Å². The minimum atomic E-state index is -0.292. The standard InChI is InChI=1S/C11H9ClN2O2/c12-8-3-1-2-7(4-8)5-9-11(16)13-6-10(15)14-9/h1-5H,6H2,(H,13,16)(H,14,15)/b9-5+. The molecule has 1 saturated heterocycles. The van der Waals surface area contributed by atoms with Crippen molar-refractivity contribution in [1.82, 2.24) is 10.6 Å². The molecule has 1 heterocycles. The van der Waals surface area contributed by atoms with Crippen molar-refractivity contribution in [2.24, 2.45) is 0 Å². The van der Waals surface area contributed by atoms with Gasteiger partial charge in [0.2, 0.25) is 5.91 Å². The second-order valence-electron chi connectivity index (χ2n) is 3.34. The Kier molecular flexibility index (Phi) is 2.92. The molecule has 2 N–H and O–H groups in total. The van der Waals surface area contributed by atoms with Gasteiger partial charge >= 0.3 is 0 Å². The predicted molar refractivity (Wildman–Crippen MR) is 60.6 cm³/mol. The molecule has 2 rings (SSSR count). The Labute approximate surface area is 97.3 Å². The highest BCUT2D eigenvalue weighted by Gasteiger charge is 2.18. The molecule has 1 aromatic carbocycles. The monoisotopic (exact) mass is 236 g/mol. The summed E-state index contributed by atoms with van der Waals surface area (Å²) in [6, 6.07) is 7.02. The van der Waals surface area contributed by atoms with Crippen LogP contribution in [-0.4, -0.2) is 18.4 Å². The number of hydrogen-bond donors (Lipinski definition) is 2. The van der Waals surface area contributed by atoms with Crippen molar-refractivity contribution in [3.05, 3.63) is 40.5 Å². The fraction of sp³-hybridized carbons (Fsp3) is 0.0909. The molecule has 0 bridgehead atoms. The van der Waals surface area contributed by atoms with E-state index >= 15 is 0 Å². The van der Waals surface area contributed by atoms with Gasteiger partial charge in [-0.1, -0.05) is 23.7 Å². The Balaban J connectivity index is 2.28. The zero-order valence-corrected chi connectivity index (χ0v) is 9.04. The summed E-state index contributed by atoms with van der Waals surface area (Å²) >= 11 is 5.81. The van der Waals surface area contributed by atoms with Crippen molar-refractivity contribution in [3.63, 3.8) is 0 Å². The van der Waals surface area contributed by atoms with Crippen LogP contribution in [0.25, 0.3) is 6.08 Å². The molecule has 5 heteroatoms. The lowest BCUT2D eigenvalue weighted by atomic mass is 10.1. The van der Waals surface area contributed by atoms with E-state index in [2.05, 4.69) is 10.6 Å². The molecular weight excluding hydrogens is 228 g/mol. The van der Waals surface area contributed by atoms with Crippen LogP contribution in [0.4, 0.5) is 0 Å². The van der Waals surface area contributed by atoms with Gasteiger partial charge in [-0.05, 0) is 23.8 Å². The lowest BCUT2D eigenvalue weighted by molar-refractivity contribution is -0.127. The summed E-state index contributed by atoms with van der Waals surface area (Å²) in [5.74, 6) is -0.521. The number of halogens is 1. The largest absolute Gasteiger partial charge is 0.342 e. The molecule has 0 aromatic heterocycles. The van der Waals surface area contributed by atoms with Crippen LogP contribution in [0.1, 0.15) is 5.56 Å². The number of carbonyl (C=O) groups is 2. The summed E-state index contributed by atoms with van der Waals surface area (Å²) in [5, 5.41) is 5.55. The summed E-state index contributed by atoms with van der Waals surface area (Å²) < 4.78 is 0. The number of hydrogen-bond acceptors (Lipinski definition) is 2. The van der Waals surface area contributed by atoms with Gasteiger partial charge in [-0.2, -0.15) is 0 Å². The molecule has 82 valence electrons. The average Bonchev–Trinajstić information content (AvgIpc) is 2.24. The van der Waals surface area contributed by atoms with E-state index in [4.69, 9.17) is 11.6 Å². The number of nitrogens with one attached hydrogen (secondary N) is 2. The fourth-order valence-corrected chi connectivity index (χ4v) is 1.57. The van der Waals surface area contributed by atoms with Crippen LogP contribution < -0.4 is 10.6 Å². The Bertz CT molecular complexity index is 483. The van der Waals surface area contributed by atoms with Gasteiger partial charge < -0.3 is 10.6 Å². The predicted octanol–water partition coefficient (Wildman–Crippen LogP) is 0.927. The molecule has 0 atom stereocenters. The van der Waals surface area contributed by atoms with Gasteiger partial charge in [0.15, 0.2) is 0 Å². The number of amides is 2. The highest BCUT2D eigenvalue weighted by Crippen LogP contribution is 2.13. The average molecular weight is 237 g/mol. The van der Waals surface area contributed by atoms with Crippen LogP contribution in [0.5, 0.6) is 0 Å². The molecule has 0 saturated carbocycles. The van der Waals surface area contributed by atoms with E-state index in [0.29, 0.717) is 5.02 Å². The summed E-state index contributed by atoms with van der Waals surface area (Å²) in [6.07, 6.45) is 1.58. The minimum Gasteiger partial charge on any atom is -0.342 e. The molecule has 16 heavy (non-hydrogen) atoms. The van der Waals surface area contributed by atoms with E-state index in [9.17, 15) is 9.59 Å². The molecule has 0 spiro atoms.